The molecule has 0 aliphatic carbocycles. The number of nitrogen functional groups attached to an aromatic ring is 1. The second-order valence-electron chi connectivity index (χ2n) is 10.1. The fourth-order valence-corrected chi connectivity index (χ4v) is 8.67. The summed E-state index contributed by atoms with van der Waals surface area (Å²) in [5, 5.41) is 7.73. The summed E-state index contributed by atoms with van der Waals surface area (Å²) in [5.74, 6) is -0.141. The van der Waals surface area contributed by atoms with E-state index >= 15 is 0 Å². The molecule has 4 aromatic rings. The maximum absolute atomic E-state index is 13.7. The minimum absolute atomic E-state index is 0.141. The van der Waals surface area contributed by atoms with Gasteiger partial charge in [0, 0.05) is 20.2 Å². The molecule has 0 aliphatic heterocycles. The van der Waals surface area contributed by atoms with Crippen LogP contribution in [0.3, 0.4) is 0 Å². The number of nitrogens with two attached hydrogens (primary N) is 1. The van der Waals surface area contributed by atoms with Crippen LogP contribution in [0.1, 0.15) is 10.4 Å². The van der Waals surface area contributed by atoms with Crippen molar-refractivity contribution in [2.24, 2.45) is 5.73 Å². The number of nitrogens with one attached hydrogen (secondary N) is 1. The molecule has 2 heterocycles. The Morgan fingerprint density at radius 2 is 1.97 bits per heavy atom. The molecule has 2 aromatic carbocycles. The summed E-state index contributed by atoms with van der Waals surface area (Å²) < 4.78 is 35.8. The number of aryl methyl sites for hydroxylation is 1. The molecule has 3 N–H and O–H groups in total. The van der Waals surface area contributed by atoms with Crippen LogP contribution in [0, 0.1) is 12.3 Å². The Morgan fingerprint density at radius 1 is 1.22 bits per heavy atom. The maximum Gasteiger partial charge on any atom is 0.208 e. The molecule has 0 unspecified atom stereocenters. The van der Waals surface area contributed by atoms with E-state index in [4.69, 9.17) is 15.9 Å². The number of amidine groups is 1. The molecule has 0 saturated carbocycles. The van der Waals surface area contributed by atoms with Crippen molar-refractivity contribution in [1.82, 2.24) is 9.55 Å². The van der Waals surface area contributed by atoms with E-state index in [0.717, 1.165) is 40.4 Å². The van der Waals surface area contributed by atoms with Gasteiger partial charge in [-0.15, -0.1) is 23.1 Å². The van der Waals surface area contributed by atoms with Gasteiger partial charge in [0.2, 0.25) is 9.84 Å². The van der Waals surface area contributed by atoms with Crippen LogP contribution in [0.25, 0.3) is 22.2 Å². The van der Waals surface area contributed by atoms with Crippen LogP contribution in [-0.2, 0) is 21.3 Å². The zero-order valence-electron chi connectivity index (χ0n) is 21.7. The van der Waals surface area contributed by atoms with E-state index in [1.165, 1.54) is 29.2 Å². The lowest BCUT2D eigenvalue weighted by Crippen LogP contribution is -2.21. The van der Waals surface area contributed by atoms with Crippen molar-refractivity contribution in [2.75, 3.05) is 12.9 Å². The van der Waals surface area contributed by atoms with Crippen molar-refractivity contribution < 1.29 is 13.2 Å². The van der Waals surface area contributed by atoms with Crippen molar-refractivity contribution in [1.29, 1.82) is 5.41 Å². The Labute approximate surface area is 227 Å². The SMILES string of the molecule is CSc1sc(C(=N)N)cc1S(=O)(=O)c1cccc(-c2c(C)ccc3c2ncn3COCC[Si](C)(C)C)c1. The van der Waals surface area contributed by atoms with Crippen molar-refractivity contribution >= 4 is 57.9 Å². The molecule has 37 heavy (non-hydrogen) atoms. The molecule has 4 rings (SSSR count). The lowest BCUT2D eigenvalue weighted by molar-refractivity contribution is 0.0898. The number of imidazole rings is 1. The number of thiophene rings is 1. The molecule has 7 nitrogen and oxygen atoms in total. The highest BCUT2D eigenvalue weighted by Gasteiger charge is 2.26. The first-order valence-corrected chi connectivity index (χ1v) is 19.1. The molecule has 0 spiro atoms. The molecule has 0 bridgehead atoms. The second-order valence-corrected chi connectivity index (χ2v) is 19.8. The van der Waals surface area contributed by atoms with Crippen molar-refractivity contribution in [2.45, 2.75) is 53.3 Å². The smallest absolute Gasteiger partial charge is 0.208 e. The third-order valence-electron chi connectivity index (χ3n) is 6.07. The van der Waals surface area contributed by atoms with Crippen molar-refractivity contribution in [3.8, 4) is 11.1 Å². The number of hydrogen-bond acceptors (Lipinski definition) is 7. The van der Waals surface area contributed by atoms with Crippen molar-refractivity contribution in [3.63, 3.8) is 0 Å². The zero-order valence-corrected chi connectivity index (χ0v) is 25.1. The fourth-order valence-electron chi connectivity index (χ4n) is 4.01. The summed E-state index contributed by atoms with van der Waals surface area (Å²) in [4.78, 5) is 5.50. The van der Waals surface area contributed by atoms with Gasteiger partial charge in [0.1, 0.15) is 12.6 Å². The number of nitrogens with zero attached hydrogens (tertiary/aromatic N) is 2. The number of sulfone groups is 1. The minimum atomic E-state index is -3.82. The number of thioether (sulfide) groups is 1. The molecule has 11 heteroatoms. The van der Waals surface area contributed by atoms with E-state index in [9.17, 15) is 8.42 Å². The molecule has 2 aromatic heterocycles. The average molecular weight is 573 g/mol. The first kappa shape index (κ1) is 27.6. The Morgan fingerprint density at radius 3 is 2.65 bits per heavy atom. The fraction of sp³-hybridized carbons (Fsp3) is 0.308. The van der Waals surface area contributed by atoms with Gasteiger partial charge in [-0.3, -0.25) is 5.41 Å². The third kappa shape index (κ3) is 5.85. The molecule has 0 radical (unpaired) electrons. The van der Waals surface area contributed by atoms with Crippen LogP contribution in [0.15, 0.2) is 62.8 Å². The van der Waals surface area contributed by atoms with Crippen LogP contribution in [0.5, 0.6) is 0 Å². The summed E-state index contributed by atoms with van der Waals surface area (Å²) in [6.07, 6.45) is 3.60. The van der Waals surface area contributed by atoms with E-state index in [1.807, 2.05) is 35.9 Å². The molecule has 196 valence electrons. The molecule has 0 fully saturated rings. The molecular weight excluding hydrogens is 541 g/mol. The molecular formula is C26H32N4O3S3Si. The van der Waals surface area contributed by atoms with E-state index < -0.39 is 17.9 Å². The highest BCUT2D eigenvalue weighted by molar-refractivity contribution is 8.01. The van der Waals surface area contributed by atoms with Gasteiger partial charge in [-0.2, -0.15) is 0 Å². The van der Waals surface area contributed by atoms with Crippen LogP contribution in [0.4, 0.5) is 0 Å². The monoisotopic (exact) mass is 572 g/mol. The first-order chi connectivity index (χ1) is 17.4. The lowest BCUT2D eigenvalue weighted by Gasteiger charge is -2.15. The van der Waals surface area contributed by atoms with Crippen LogP contribution in [0.2, 0.25) is 25.7 Å². The summed E-state index contributed by atoms with van der Waals surface area (Å²) in [6.45, 7) is 10.1. The first-order valence-electron chi connectivity index (χ1n) is 11.8. The van der Waals surface area contributed by atoms with E-state index in [0.29, 0.717) is 15.8 Å². The normalized spacial score (nSPS) is 12.4. The lowest BCUT2D eigenvalue weighted by atomic mass is 9.99. The highest BCUT2D eigenvalue weighted by atomic mass is 32.2. The van der Waals surface area contributed by atoms with Crippen molar-refractivity contribution in [3.05, 3.63) is 59.2 Å². The summed E-state index contributed by atoms with van der Waals surface area (Å²) in [7, 11) is -4.98. The molecule has 0 amide bonds. The van der Waals surface area contributed by atoms with Crippen LogP contribution in [-0.4, -0.2) is 44.7 Å². The largest absolute Gasteiger partial charge is 0.383 e. The Kier molecular flexibility index (Phi) is 8.01. The Balaban J connectivity index is 1.71. The zero-order chi connectivity index (χ0) is 27.0. The summed E-state index contributed by atoms with van der Waals surface area (Å²) in [5.41, 5.74) is 10.1. The van der Waals surface area contributed by atoms with Crippen LogP contribution < -0.4 is 5.73 Å². The minimum Gasteiger partial charge on any atom is -0.383 e. The molecule has 0 saturated heterocycles. The van der Waals surface area contributed by atoms with Gasteiger partial charge in [-0.25, -0.2) is 13.4 Å². The predicted molar refractivity (Wildman–Crippen MR) is 157 cm³/mol. The number of benzene rings is 2. The average Bonchev–Trinajstić information content (AvgIpc) is 3.46. The van der Waals surface area contributed by atoms with E-state index in [2.05, 4.69) is 24.6 Å². The number of ether oxygens (including phenoxy) is 1. The van der Waals surface area contributed by atoms with E-state index in [1.54, 1.807) is 24.5 Å². The number of hydrogen-bond donors (Lipinski definition) is 2. The van der Waals surface area contributed by atoms with Gasteiger partial charge < -0.3 is 15.0 Å². The van der Waals surface area contributed by atoms with Gasteiger partial charge in [-0.1, -0.05) is 37.8 Å². The quantitative estimate of drug-likeness (QED) is 0.0767. The maximum atomic E-state index is 13.7. The standard InChI is InChI=1S/C26H32N4O3S3Si/c1-17-9-10-20-24(29-15-30(20)16-33-11-12-37(3,4)5)23(17)18-7-6-8-19(13-18)36(31,32)22-14-21(25(27)28)35-26(22)34-2/h6-10,13-15H,11-12,16H2,1-5H3,(H3,27,28). The van der Waals surface area contributed by atoms with Gasteiger partial charge >= 0.3 is 0 Å². The molecule has 0 atom stereocenters. The summed E-state index contributed by atoms with van der Waals surface area (Å²) >= 11 is 2.55. The topological polar surface area (TPSA) is 111 Å². The predicted octanol–water partition coefficient (Wildman–Crippen LogP) is 6.22. The van der Waals surface area contributed by atoms with Gasteiger partial charge in [0.15, 0.2) is 0 Å². The second kappa shape index (κ2) is 10.7. The van der Waals surface area contributed by atoms with Gasteiger partial charge in [0.25, 0.3) is 0 Å². The molecule has 0 aliphatic rings. The van der Waals surface area contributed by atoms with Gasteiger partial charge in [-0.05, 0) is 54.6 Å². The Bertz CT molecular complexity index is 1570. The van der Waals surface area contributed by atoms with E-state index in [-0.39, 0.29) is 15.6 Å². The number of rotatable bonds is 10. The number of fused-ring (bicyclic) bond motifs is 1. The Hall–Kier alpha value is -2.44. The van der Waals surface area contributed by atoms with Gasteiger partial charge in [0.05, 0.1) is 36.2 Å². The summed E-state index contributed by atoms with van der Waals surface area (Å²) in [6, 6.07) is 13.6. The number of aromatic nitrogens is 2. The van der Waals surface area contributed by atoms with Crippen LogP contribution >= 0.6 is 23.1 Å². The third-order valence-corrected chi connectivity index (χ3v) is 12.1. The highest BCUT2D eigenvalue weighted by Crippen LogP contribution is 2.38.